The maximum atomic E-state index is 12.7. The van der Waals surface area contributed by atoms with Crippen LogP contribution < -0.4 is 5.32 Å². The number of piperazine rings is 1. The van der Waals surface area contributed by atoms with Crippen molar-refractivity contribution in [1.29, 1.82) is 0 Å². The van der Waals surface area contributed by atoms with Crippen LogP contribution in [0, 0.1) is 5.41 Å². The van der Waals surface area contributed by atoms with Crippen LogP contribution in [0.1, 0.15) is 12.8 Å². The zero-order valence-corrected chi connectivity index (χ0v) is 14.2. The zero-order valence-electron chi connectivity index (χ0n) is 12.6. The normalized spacial score (nSPS) is 19.2. The number of carbonyl (C=O) groups excluding carboxylic acids is 3. The molecule has 0 aromatic heterocycles. The van der Waals surface area contributed by atoms with Crippen molar-refractivity contribution in [3.8, 4) is 0 Å². The van der Waals surface area contributed by atoms with Gasteiger partial charge in [0.1, 0.15) is 5.41 Å². The Hall–Kier alpha value is -1.89. The predicted octanol–water partition coefficient (Wildman–Crippen LogP) is 1.47. The molecule has 3 amide bonds. The van der Waals surface area contributed by atoms with Gasteiger partial charge < -0.3 is 15.1 Å². The number of halogens is 1. The largest absolute Gasteiger partial charge is 0.342 e. The van der Waals surface area contributed by atoms with Gasteiger partial charge in [-0.15, -0.1) is 0 Å². The van der Waals surface area contributed by atoms with Gasteiger partial charge in [-0.3, -0.25) is 14.4 Å². The third-order valence-corrected chi connectivity index (χ3v) is 5.16. The lowest BCUT2D eigenvalue weighted by molar-refractivity contribution is -0.144. The zero-order chi connectivity index (χ0) is 16.4. The van der Waals surface area contributed by atoms with Gasteiger partial charge in [0.05, 0.1) is 5.69 Å². The summed E-state index contributed by atoms with van der Waals surface area (Å²) in [6.07, 6.45) is 1.96. The highest BCUT2D eigenvalue weighted by molar-refractivity contribution is 9.10. The molecule has 0 atom stereocenters. The Morgan fingerprint density at radius 2 is 1.78 bits per heavy atom. The van der Waals surface area contributed by atoms with E-state index in [1.807, 2.05) is 18.2 Å². The summed E-state index contributed by atoms with van der Waals surface area (Å²) >= 11 is 3.39. The predicted molar refractivity (Wildman–Crippen MR) is 88.7 cm³/mol. The Morgan fingerprint density at radius 3 is 2.35 bits per heavy atom. The van der Waals surface area contributed by atoms with Gasteiger partial charge in [0.15, 0.2) is 0 Å². The molecule has 1 N–H and O–H groups in total. The van der Waals surface area contributed by atoms with Crippen LogP contribution in [-0.4, -0.2) is 54.2 Å². The third kappa shape index (κ3) is 3.10. The molecule has 1 aliphatic carbocycles. The lowest BCUT2D eigenvalue weighted by atomic mass is 10.0. The van der Waals surface area contributed by atoms with E-state index in [1.165, 1.54) is 0 Å². The SMILES string of the molecule is O=CN1CCN(C(=O)C2(C(=O)Nc3ccccc3Br)CC2)CC1. The van der Waals surface area contributed by atoms with Gasteiger partial charge in [0.25, 0.3) is 0 Å². The number of benzene rings is 1. The molecule has 7 heteroatoms. The quantitative estimate of drug-likeness (QED) is 0.635. The summed E-state index contributed by atoms with van der Waals surface area (Å²) in [5.74, 6) is -0.361. The van der Waals surface area contributed by atoms with Crippen molar-refractivity contribution in [3.63, 3.8) is 0 Å². The molecule has 23 heavy (non-hydrogen) atoms. The van der Waals surface area contributed by atoms with Crippen LogP contribution in [0.5, 0.6) is 0 Å². The molecule has 1 aromatic carbocycles. The van der Waals surface area contributed by atoms with Crippen LogP contribution in [0.2, 0.25) is 0 Å². The van der Waals surface area contributed by atoms with Crippen LogP contribution in [0.4, 0.5) is 5.69 Å². The maximum Gasteiger partial charge on any atom is 0.240 e. The maximum absolute atomic E-state index is 12.7. The first-order valence-corrected chi connectivity index (χ1v) is 8.41. The average molecular weight is 380 g/mol. The standard InChI is InChI=1S/C16H18BrN3O3/c17-12-3-1-2-4-13(12)18-14(22)16(5-6-16)15(23)20-9-7-19(11-21)8-10-20/h1-4,11H,5-10H2,(H,18,22). The van der Waals surface area contributed by atoms with Gasteiger partial charge in [-0.05, 0) is 40.9 Å². The molecule has 6 nitrogen and oxygen atoms in total. The molecule has 122 valence electrons. The molecule has 0 unspecified atom stereocenters. The lowest BCUT2D eigenvalue weighted by Gasteiger charge is -2.34. The highest BCUT2D eigenvalue weighted by Gasteiger charge is 2.58. The van der Waals surface area contributed by atoms with E-state index in [1.54, 1.807) is 15.9 Å². The van der Waals surface area contributed by atoms with Gasteiger partial charge in [-0.2, -0.15) is 0 Å². The van der Waals surface area contributed by atoms with E-state index < -0.39 is 5.41 Å². The van der Waals surface area contributed by atoms with E-state index in [0.717, 1.165) is 10.9 Å². The number of nitrogens with one attached hydrogen (secondary N) is 1. The van der Waals surface area contributed by atoms with E-state index in [4.69, 9.17) is 0 Å². The number of hydrogen-bond acceptors (Lipinski definition) is 3. The van der Waals surface area contributed by atoms with Gasteiger partial charge in [0.2, 0.25) is 18.2 Å². The molecule has 1 aliphatic heterocycles. The first-order valence-electron chi connectivity index (χ1n) is 7.61. The molecule has 0 bridgehead atoms. The Labute approximate surface area is 142 Å². The van der Waals surface area contributed by atoms with Crippen molar-refractivity contribution < 1.29 is 14.4 Å². The second kappa shape index (κ2) is 6.31. The molecule has 1 aromatic rings. The topological polar surface area (TPSA) is 69.7 Å². The number of anilines is 1. The van der Waals surface area contributed by atoms with Crippen molar-refractivity contribution in [2.45, 2.75) is 12.8 Å². The van der Waals surface area contributed by atoms with Gasteiger partial charge in [0, 0.05) is 30.7 Å². The van der Waals surface area contributed by atoms with Crippen molar-refractivity contribution >= 4 is 39.8 Å². The molecule has 1 saturated carbocycles. The summed E-state index contributed by atoms with van der Waals surface area (Å²) in [6.45, 7) is 2.03. The van der Waals surface area contributed by atoms with Crippen molar-refractivity contribution in [2.24, 2.45) is 5.41 Å². The van der Waals surface area contributed by atoms with E-state index in [0.29, 0.717) is 44.7 Å². The van der Waals surface area contributed by atoms with E-state index >= 15 is 0 Å². The van der Waals surface area contributed by atoms with Gasteiger partial charge in [-0.25, -0.2) is 0 Å². The Kier molecular flexibility index (Phi) is 4.39. The van der Waals surface area contributed by atoms with Crippen LogP contribution in [0.15, 0.2) is 28.7 Å². The number of para-hydroxylation sites is 1. The Morgan fingerprint density at radius 1 is 1.13 bits per heavy atom. The van der Waals surface area contributed by atoms with Crippen molar-refractivity contribution in [1.82, 2.24) is 9.80 Å². The number of rotatable bonds is 4. The summed E-state index contributed by atoms with van der Waals surface area (Å²) in [4.78, 5) is 39.4. The van der Waals surface area contributed by atoms with Crippen LogP contribution in [-0.2, 0) is 14.4 Å². The monoisotopic (exact) mass is 379 g/mol. The number of carbonyl (C=O) groups is 3. The minimum atomic E-state index is -0.932. The summed E-state index contributed by atoms with van der Waals surface area (Å²) < 4.78 is 0.788. The fourth-order valence-corrected chi connectivity index (χ4v) is 3.18. The third-order valence-electron chi connectivity index (χ3n) is 4.47. The molecular weight excluding hydrogens is 362 g/mol. The molecule has 3 rings (SSSR count). The minimum absolute atomic E-state index is 0.118. The summed E-state index contributed by atoms with van der Waals surface area (Å²) in [6, 6.07) is 7.34. The van der Waals surface area contributed by atoms with Crippen LogP contribution >= 0.6 is 15.9 Å². The summed E-state index contributed by atoms with van der Waals surface area (Å²) in [5.41, 5.74) is -0.263. The van der Waals surface area contributed by atoms with E-state index in [9.17, 15) is 14.4 Å². The summed E-state index contributed by atoms with van der Waals surface area (Å²) in [5, 5.41) is 2.85. The second-order valence-electron chi connectivity index (χ2n) is 5.95. The summed E-state index contributed by atoms with van der Waals surface area (Å²) in [7, 11) is 0. The molecule has 1 heterocycles. The highest BCUT2D eigenvalue weighted by Crippen LogP contribution is 2.48. The van der Waals surface area contributed by atoms with E-state index in [-0.39, 0.29) is 11.8 Å². The van der Waals surface area contributed by atoms with Crippen molar-refractivity contribution in [3.05, 3.63) is 28.7 Å². The molecule has 2 fully saturated rings. The number of amides is 3. The molecule has 0 radical (unpaired) electrons. The molecule has 2 aliphatic rings. The number of hydrogen-bond donors (Lipinski definition) is 1. The second-order valence-corrected chi connectivity index (χ2v) is 6.80. The minimum Gasteiger partial charge on any atom is -0.342 e. The smallest absolute Gasteiger partial charge is 0.240 e. The fraction of sp³-hybridized carbons (Fsp3) is 0.438. The molecule has 1 saturated heterocycles. The Bertz CT molecular complexity index is 637. The van der Waals surface area contributed by atoms with Crippen LogP contribution in [0.3, 0.4) is 0 Å². The molecule has 0 spiro atoms. The average Bonchev–Trinajstić information content (AvgIpc) is 3.38. The highest BCUT2D eigenvalue weighted by atomic mass is 79.9. The van der Waals surface area contributed by atoms with Crippen molar-refractivity contribution in [2.75, 3.05) is 31.5 Å². The van der Waals surface area contributed by atoms with E-state index in [2.05, 4.69) is 21.2 Å². The number of nitrogens with zero attached hydrogens (tertiary/aromatic N) is 2. The van der Waals surface area contributed by atoms with Gasteiger partial charge in [-0.1, -0.05) is 12.1 Å². The lowest BCUT2D eigenvalue weighted by Crippen LogP contribution is -2.52. The van der Waals surface area contributed by atoms with Crippen LogP contribution in [0.25, 0.3) is 0 Å². The first-order chi connectivity index (χ1) is 11.1. The fourth-order valence-electron chi connectivity index (χ4n) is 2.80. The van der Waals surface area contributed by atoms with Gasteiger partial charge >= 0.3 is 0 Å². The first kappa shape index (κ1) is 16.0. The molecular formula is C16H18BrN3O3. The Balaban J connectivity index is 1.67.